The van der Waals surface area contributed by atoms with Crippen LogP contribution in [0.2, 0.25) is 5.02 Å². The van der Waals surface area contributed by atoms with Crippen LogP contribution in [0.4, 0.5) is 0 Å². The highest BCUT2D eigenvalue weighted by atomic mass is 35.5. The third kappa shape index (κ3) is 6.08. The average molecular weight is 386 g/mol. The zero-order valence-electron chi connectivity index (χ0n) is 15.2. The van der Waals surface area contributed by atoms with Gasteiger partial charge in [0.25, 0.3) is 5.91 Å². The summed E-state index contributed by atoms with van der Waals surface area (Å²) in [5.74, 6) is -0.522. The summed E-state index contributed by atoms with van der Waals surface area (Å²) in [6.07, 6.45) is 2.58. The van der Waals surface area contributed by atoms with Gasteiger partial charge in [0.05, 0.1) is 6.54 Å². The van der Waals surface area contributed by atoms with Crippen molar-refractivity contribution in [2.24, 2.45) is 0 Å². The highest BCUT2D eigenvalue weighted by Gasteiger charge is 2.11. The van der Waals surface area contributed by atoms with Gasteiger partial charge in [0.15, 0.2) is 0 Å². The summed E-state index contributed by atoms with van der Waals surface area (Å²) in [6, 6.07) is 14.8. The molecule has 1 heterocycles. The quantitative estimate of drug-likeness (QED) is 0.770. The first-order chi connectivity index (χ1) is 13.1. The number of carbonyl (C=O) groups excluding carboxylic acids is 2. The van der Waals surface area contributed by atoms with Crippen LogP contribution in [0.15, 0.2) is 48.5 Å². The fourth-order valence-corrected chi connectivity index (χ4v) is 3.21. The molecule has 5 nitrogen and oxygen atoms in total. The minimum atomic E-state index is -0.298. The van der Waals surface area contributed by atoms with Gasteiger partial charge >= 0.3 is 0 Å². The number of rotatable bonds is 7. The largest absolute Gasteiger partial charge is 0.350 e. The molecule has 0 saturated carbocycles. The fraction of sp³-hybridized carbons (Fsp3) is 0.333. The second-order valence-electron chi connectivity index (χ2n) is 6.77. The number of benzene rings is 2. The maximum Gasteiger partial charge on any atom is 0.251 e. The molecule has 1 aliphatic heterocycles. The van der Waals surface area contributed by atoms with Crippen molar-refractivity contribution in [3.63, 3.8) is 0 Å². The van der Waals surface area contributed by atoms with Crippen LogP contribution in [0.25, 0.3) is 0 Å². The zero-order valence-corrected chi connectivity index (χ0v) is 16.0. The number of hydrogen-bond acceptors (Lipinski definition) is 3. The first kappa shape index (κ1) is 19.4. The van der Waals surface area contributed by atoms with Gasteiger partial charge in [0.2, 0.25) is 5.91 Å². The molecule has 1 aliphatic rings. The molecule has 0 atom stereocenters. The summed E-state index contributed by atoms with van der Waals surface area (Å²) in [5, 5.41) is 5.99. The van der Waals surface area contributed by atoms with E-state index in [0.29, 0.717) is 17.1 Å². The van der Waals surface area contributed by atoms with Crippen molar-refractivity contribution in [2.75, 3.05) is 19.6 Å². The van der Waals surface area contributed by atoms with Crippen molar-refractivity contribution in [3.05, 3.63) is 70.2 Å². The molecule has 142 valence electrons. The average Bonchev–Trinajstić information content (AvgIpc) is 3.19. The SMILES string of the molecule is O=C(CNC(=O)c1ccc(Cl)cc1)NCc1ccc(CN2CCCC2)cc1. The standard InChI is InChI=1S/C21H24ClN3O2/c22-19-9-7-18(8-10-19)21(27)24-14-20(26)23-13-16-3-5-17(6-4-16)15-25-11-1-2-12-25/h3-10H,1-2,11-15H2,(H,23,26)(H,24,27). The molecule has 2 N–H and O–H groups in total. The Morgan fingerprint density at radius 1 is 0.889 bits per heavy atom. The van der Waals surface area contributed by atoms with Gasteiger partial charge in [-0.25, -0.2) is 0 Å². The molecule has 0 aromatic heterocycles. The normalized spacial score (nSPS) is 14.1. The molecule has 2 aromatic rings. The molecule has 2 amide bonds. The lowest BCUT2D eigenvalue weighted by Gasteiger charge is -2.14. The van der Waals surface area contributed by atoms with E-state index in [1.807, 2.05) is 12.1 Å². The summed E-state index contributed by atoms with van der Waals surface area (Å²) in [7, 11) is 0. The Labute approximate surface area is 164 Å². The predicted octanol–water partition coefficient (Wildman–Crippen LogP) is 2.98. The highest BCUT2D eigenvalue weighted by molar-refractivity contribution is 6.30. The molecule has 3 rings (SSSR count). The van der Waals surface area contributed by atoms with Crippen molar-refractivity contribution >= 4 is 23.4 Å². The van der Waals surface area contributed by atoms with Crippen LogP contribution in [0.5, 0.6) is 0 Å². The Bertz CT molecular complexity index is 769. The van der Waals surface area contributed by atoms with Crippen molar-refractivity contribution in [2.45, 2.75) is 25.9 Å². The summed E-state index contributed by atoms with van der Waals surface area (Å²) >= 11 is 5.80. The molecule has 2 aromatic carbocycles. The van der Waals surface area contributed by atoms with E-state index in [1.54, 1.807) is 24.3 Å². The molecular weight excluding hydrogens is 362 g/mol. The van der Waals surface area contributed by atoms with Crippen molar-refractivity contribution in [3.8, 4) is 0 Å². The molecule has 1 fully saturated rings. The van der Waals surface area contributed by atoms with Crippen LogP contribution in [-0.2, 0) is 17.9 Å². The van der Waals surface area contributed by atoms with Gasteiger partial charge in [-0.2, -0.15) is 0 Å². The molecule has 0 aliphatic carbocycles. The third-order valence-electron chi connectivity index (χ3n) is 4.63. The molecule has 0 radical (unpaired) electrons. The second-order valence-corrected chi connectivity index (χ2v) is 7.20. The lowest BCUT2D eigenvalue weighted by atomic mass is 10.1. The minimum Gasteiger partial charge on any atom is -0.350 e. The summed E-state index contributed by atoms with van der Waals surface area (Å²) in [5.41, 5.74) is 2.81. The summed E-state index contributed by atoms with van der Waals surface area (Å²) in [4.78, 5) is 26.4. The van der Waals surface area contributed by atoms with Gasteiger partial charge < -0.3 is 10.6 Å². The number of amides is 2. The van der Waals surface area contributed by atoms with Crippen LogP contribution in [0.1, 0.15) is 34.3 Å². The van der Waals surface area contributed by atoms with Gasteiger partial charge in [0, 0.05) is 23.7 Å². The minimum absolute atomic E-state index is 0.0610. The zero-order chi connectivity index (χ0) is 19.1. The highest BCUT2D eigenvalue weighted by Crippen LogP contribution is 2.13. The summed E-state index contributed by atoms with van der Waals surface area (Å²) < 4.78 is 0. The molecule has 0 bridgehead atoms. The first-order valence-electron chi connectivity index (χ1n) is 9.21. The third-order valence-corrected chi connectivity index (χ3v) is 4.89. The van der Waals surface area contributed by atoms with Crippen molar-refractivity contribution in [1.29, 1.82) is 0 Å². The van der Waals surface area contributed by atoms with Crippen LogP contribution < -0.4 is 10.6 Å². The van der Waals surface area contributed by atoms with Crippen molar-refractivity contribution < 1.29 is 9.59 Å². The number of nitrogens with zero attached hydrogens (tertiary/aromatic N) is 1. The van der Waals surface area contributed by atoms with Crippen molar-refractivity contribution in [1.82, 2.24) is 15.5 Å². The van der Waals surface area contributed by atoms with E-state index in [4.69, 9.17) is 11.6 Å². The number of carbonyl (C=O) groups is 2. The van der Waals surface area contributed by atoms with Crippen LogP contribution >= 0.6 is 11.6 Å². The maximum absolute atomic E-state index is 12.0. The smallest absolute Gasteiger partial charge is 0.251 e. The topological polar surface area (TPSA) is 61.4 Å². The molecule has 0 unspecified atom stereocenters. The Hall–Kier alpha value is -2.37. The van der Waals surface area contributed by atoms with E-state index in [2.05, 4.69) is 27.7 Å². The lowest BCUT2D eigenvalue weighted by molar-refractivity contribution is -0.120. The van der Waals surface area contributed by atoms with Crippen LogP contribution in [-0.4, -0.2) is 36.3 Å². The monoisotopic (exact) mass is 385 g/mol. The Balaban J connectivity index is 1.39. The van der Waals surface area contributed by atoms with Crippen LogP contribution in [0, 0.1) is 0 Å². The van der Waals surface area contributed by atoms with Crippen LogP contribution in [0.3, 0.4) is 0 Å². The molecule has 0 spiro atoms. The van der Waals surface area contributed by atoms with E-state index in [0.717, 1.165) is 12.1 Å². The number of nitrogens with one attached hydrogen (secondary N) is 2. The number of halogens is 1. The van der Waals surface area contributed by atoms with E-state index < -0.39 is 0 Å². The van der Waals surface area contributed by atoms with Gasteiger partial charge in [-0.15, -0.1) is 0 Å². The molecule has 1 saturated heterocycles. The van der Waals surface area contributed by atoms with Gasteiger partial charge in [-0.3, -0.25) is 14.5 Å². The van der Waals surface area contributed by atoms with Gasteiger partial charge in [-0.05, 0) is 61.3 Å². The molecule has 6 heteroatoms. The van der Waals surface area contributed by atoms with E-state index in [9.17, 15) is 9.59 Å². The molecule has 27 heavy (non-hydrogen) atoms. The van der Waals surface area contributed by atoms with E-state index in [-0.39, 0.29) is 18.4 Å². The van der Waals surface area contributed by atoms with E-state index in [1.165, 1.54) is 31.5 Å². The van der Waals surface area contributed by atoms with E-state index >= 15 is 0 Å². The Kier molecular flexibility index (Phi) is 6.85. The molecular formula is C21H24ClN3O2. The first-order valence-corrected chi connectivity index (χ1v) is 9.58. The predicted molar refractivity (Wildman–Crippen MR) is 107 cm³/mol. The number of hydrogen-bond donors (Lipinski definition) is 2. The lowest BCUT2D eigenvalue weighted by Crippen LogP contribution is -2.36. The Morgan fingerprint density at radius 3 is 2.19 bits per heavy atom. The number of likely N-dealkylation sites (tertiary alicyclic amines) is 1. The van der Waals surface area contributed by atoms with Gasteiger partial charge in [-0.1, -0.05) is 35.9 Å². The fourth-order valence-electron chi connectivity index (χ4n) is 3.09. The summed E-state index contributed by atoms with van der Waals surface area (Å²) in [6.45, 7) is 3.73. The maximum atomic E-state index is 12.0. The Morgan fingerprint density at radius 2 is 1.52 bits per heavy atom. The van der Waals surface area contributed by atoms with Gasteiger partial charge in [0.1, 0.15) is 0 Å². The second kappa shape index (κ2) is 9.53.